The summed E-state index contributed by atoms with van der Waals surface area (Å²) in [6.07, 6.45) is 0. The van der Waals surface area contributed by atoms with Gasteiger partial charge in [0.2, 0.25) is 0 Å². The molecule has 0 aliphatic heterocycles. The molecule has 0 aliphatic carbocycles. The SMILES string of the molecule is COC(=O)c1cc(COC(=O)c2sc(-c3ccc(OC)cc3)nc2C)oc1C. The van der Waals surface area contributed by atoms with E-state index in [4.69, 9.17) is 13.9 Å². The molecule has 0 saturated carbocycles. The lowest BCUT2D eigenvalue weighted by atomic mass is 10.2. The number of furan rings is 1. The van der Waals surface area contributed by atoms with Gasteiger partial charge in [0.25, 0.3) is 0 Å². The number of esters is 2. The number of aryl methyl sites for hydroxylation is 2. The highest BCUT2D eigenvalue weighted by molar-refractivity contribution is 7.17. The number of carbonyl (C=O) groups is 2. The molecular formula is C20H19NO6S. The molecule has 146 valence electrons. The quantitative estimate of drug-likeness (QED) is 0.573. The highest BCUT2D eigenvalue weighted by Crippen LogP contribution is 2.30. The molecule has 7 nitrogen and oxygen atoms in total. The normalized spacial score (nSPS) is 10.6. The van der Waals surface area contributed by atoms with Crippen molar-refractivity contribution in [2.75, 3.05) is 14.2 Å². The Morgan fingerprint density at radius 1 is 1.11 bits per heavy atom. The van der Waals surface area contributed by atoms with E-state index in [9.17, 15) is 9.59 Å². The second-order valence-electron chi connectivity index (χ2n) is 5.91. The maximum atomic E-state index is 12.5. The van der Waals surface area contributed by atoms with E-state index < -0.39 is 11.9 Å². The second kappa shape index (κ2) is 8.26. The summed E-state index contributed by atoms with van der Waals surface area (Å²) in [5, 5.41) is 0.717. The Morgan fingerprint density at radius 3 is 2.46 bits per heavy atom. The molecule has 0 unspecified atom stereocenters. The van der Waals surface area contributed by atoms with E-state index in [2.05, 4.69) is 9.72 Å². The molecule has 0 amide bonds. The summed E-state index contributed by atoms with van der Waals surface area (Å²) in [5.74, 6) is 0.527. The Balaban J connectivity index is 1.71. The minimum absolute atomic E-state index is 0.0914. The lowest BCUT2D eigenvalue weighted by Gasteiger charge is -2.01. The Morgan fingerprint density at radius 2 is 1.82 bits per heavy atom. The first-order valence-corrected chi connectivity index (χ1v) is 9.21. The zero-order valence-electron chi connectivity index (χ0n) is 15.9. The predicted molar refractivity (Wildman–Crippen MR) is 103 cm³/mol. The average molecular weight is 401 g/mol. The zero-order valence-corrected chi connectivity index (χ0v) is 16.7. The van der Waals surface area contributed by atoms with Crippen LogP contribution in [-0.4, -0.2) is 31.1 Å². The number of nitrogens with zero attached hydrogens (tertiary/aromatic N) is 1. The topological polar surface area (TPSA) is 87.9 Å². The molecule has 0 spiro atoms. The molecule has 0 atom stereocenters. The van der Waals surface area contributed by atoms with Crippen LogP contribution in [-0.2, 0) is 16.1 Å². The van der Waals surface area contributed by atoms with Crippen molar-refractivity contribution in [3.05, 3.63) is 58.0 Å². The molecule has 0 bridgehead atoms. The minimum Gasteiger partial charge on any atom is -0.497 e. The number of thiazole rings is 1. The lowest BCUT2D eigenvalue weighted by Crippen LogP contribution is -2.04. The number of hydrogen-bond donors (Lipinski definition) is 0. The van der Waals surface area contributed by atoms with Gasteiger partial charge in [-0.15, -0.1) is 11.3 Å². The molecule has 8 heteroatoms. The van der Waals surface area contributed by atoms with Gasteiger partial charge in [-0.1, -0.05) is 0 Å². The maximum Gasteiger partial charge on any atom is 0.350 e. The van der Waals surface area contributed by atoms with Crippen LogP contribution >= 0.6 is 11.3 Å². The van der Waals surface area contributed by atoms with Gasteiger partial charge in [-0.05, 0) is 44.2 Å². The van der Waals surface area contributed by atoms with Gasteiger partial charge in [-0.2, -0.15) is 0 Å². The monoisotopic (exact) mass is 401 g/mol. The van der Waals surface area contributed by atoms with E-state index in [1.807, 2.05) is 24.3 Å². The van der Waals surface area contributed by atoms with Gasteiger partial charge in [0.05, 0.1) is 19.9 Å². The molecular weight excluding hydrogens is 382 g/mol. The van der Waals surface area contributed by atoms with Crippen LogP contribution in [0.3, 0.4) is 0 Å². The van der Waals surface area contributed by atoms with Gasteiger partial charge in [-0.3, -0.25) is 0 Å². The number of hydrogen-bond acceptors (Lipinski definition) is 8. The highest BCUT2D eigenvalue weighted by Gasteiger charge is 2.20. The molecule has 0 fully saturated rings. The molecule has 28 heavy (non-hydrogen) atoms. The second-order valence-corrected chi connectivity index (χ2v) is 6.91. The van der Waals surface area contributed by atoms with Crippen molar-refractivity contribution in [3.8, 4) is 16.3 Å². The van der Waals surface area contributed by atoms with E-state index >= 15 is 0 Å². The van der Waals surface area contributed by atoms with Gasteiger partial charge >= 0.3 is 11.9 Å². The van der Waals surface area contributed by atoms with Crippen molar-refractivity contribution in [3.63, 3.8) is 0 Å². The molecule has 0 saturated heterocycles. The van der Waals surface area contributed by atoms with Crippen molar-refractivity contribution in [1.82, 2.24) is 4.98 Å². The van der Waals surface area contributed by atoms with E-state index in [1.54, 1.807) is 21.0 Å². The Labute approximate surface area is 165 Å². The largest absolute Gasteiger partial charge is 0.497 e. The first kappa shape index (κ1) is 19.6. The predicted octanol–water partition coefficient (Wildman–Crippen LogP) is 4.17. The number of ether oxygens (including phenoxy) is 3. The molecule has 3 rings (SSSR count). The van der Waals surface area contributed by atoms with Crippen molar-refractivity contribution in [2.45, 2.75) is 20.5 Å². The summed E-state index contributed by atoms with van der Waals surface area (Å²) in [7, 11) is 2.90. The van der Waals surface area contributed by atoms with Crippen LogP contribution in [0.15, 0.2) is 34.7 Å². The molecule has 3 aromatic rings. The first-order valence-electron chi connectivity index (χ1n) is 8.39. The van der Waals surface area contributed by atoms with Crippen molar-refractivity contribution >= 4 is 23.3 Å². The summed E-state index contributed by atoms with van der Waals surface area (Å²) in [6, 6.07) is 8.94. The Kier molecular flexibility index (Phi) is 5.79. The maximum absolute atomic E-state index is 12.5. The summed E-state index contributed by atoms with van der Waals surface area (Å²) < 4.78 is 20.6. The first-order chi connectivity index (χ1) is 13.4. The number of aromatic nitrogens is 1. The van der Waals surface area contributed by atoms with Crippen LogP contribution in [0.4, 0.5) is 0 Å². The fraction of sp³-hybridized carbons (Fsp3) is 0.250. The highest BCUT2D eigenvalue weighted by atomic mass is 32.1. The minimum atomic E-state index is -0.499. The van der Waals surface area contributed by atoms with Crippen LogP contribution in [0.1, 0.15) is 37.2 Å². The Hall–Kier alpha value is -3.13. The molecule has 2 aromatic heterocycles. The molecule has 2 heterocycles. The molecule has 1 aromatic carbocycles. The zero-order chi connectivity index (χ0) is 20.3. The van der Waals surface area contributed by atoms with Crippen molar-refractivity contribution in [2.24, 2.45) is 0 Å². The van der Waals surface area contributed by atoms with E-state index in [0.717, 1.165) is 11.3 Å². The van der Waals surface area contributed by atoms with E-state index in [0.29, 0.717) is 32.7 Å². The van der Waals surface area contributed by atoms with Crippen LogP contribution < -0.4 is 4.74 Å². The standard InChI is InChI=1S/C20H19NO6S/c1-11-17(28-18(21-11)13-5-7-14(24-3)8-6-13)20(23)26-10-15-9-16(12(2)27-15)19(22)25-4/h5-9H,10H2,1-4H3. The number of methoxy groups -OCH3 is 2. The van der Waals surface area contributed by atoms with Crippen molar-refractivity contribution in [1.29, 1.82) is 0 Å². The van der Waals surface area contributed by atoms with Gasteiger partial charge in [0.15, 0.2) is 0 Å². The molecule has 0 N–H and O–H groups in total. The summed E-state index contributed by atoms with van der Waals surface area (Å²) in [6.45, 7) is 3.31. The van der Waals surface area contributed by atoms with Crippen LogP contribution in [0.5, 0.6) is 5.75 Å². The van der Waals surface area contributed by atoms with Crippen LogP contribution in [0.2, 0.25) is 0 Å². The fourth-order valence-electron chi connectivity index (χ4n) is 2.57. The summed E-state index contributed by atoms with van der Waals surface area (Å²) in [5.41, 5.74) is 1.79. The van der Waals surface area contributed by atoms with Crippen LogP contribution in [0.25, 0.3) is 10.6 Å². The average Bonchev–Trinajstić information content (AvgIpc) is 3.28. The molecule has 0 radical (unpaired) electrons. The third-order valence-electron chi connectivity index (χ3n) is 4.04. The summed E-state index contributed by atoms with van der Waals surface area (Å²) in [4.78, 5) is 29.0. The van der Waals surface area contributed by atoms with Gasteiger partial charge in [0.1, 0.15) is 39.3 Å². The lowest BCUT2D eigenvalue weighted by molar-refractivity contribution is 0.0448. The van der Waals surface area contributed by atoms with Gasteiger partial charge in [0, 0.05) is 5.56 Å². The number of carbonyl (C=O) groups excluding carboxylic acids is 2. The number of rotatable bonds is 6. The summed E-state index contributed by atoms with van der Waals surface area (Å²) >= 11 is 1.25. The third-order valence-corrected chi connectivity index (χ3v) is 5.23. The third kappa shape index (κ3) is 4.07. The molecule has 0 aliphatic rings. The van der Waals surface area contributed by atoms with E-state index in [1.165, 1.54) is 24.5 Å². The van der Waals surface area contributed by atoms with Crippen LogP contribution in [0, 0.1) is 13.8 Å². The van der Waals surface area contributed by atoms with Gasteiger partial charge < -0.3 is 18.6 Å². The smallest absolute Gasteiger partial charge is 0.350 e. The Bertz CT molecular complexity index is 1000. The number of benzene rings is 1. The van der Waals surface area contributed by atoms with Crippen molar-refractivity contribution < 1.29 is 28.2 Å². The fourth-order valence-corrected chi connectivity index (χ4v) is 3.54. The van der Waals surface area contributed by atoms with E-state index in [-0.39, 0.29) is 6.61 Å². The van der Waals surface area contributed by atoms with Gasteiger partial charge in [-0.25, -0.2) is 14.6 Å².